The van der Waals surface area contributed by atoms with E-state index < -0.39 is 0 Å². The summed E-state index contributed by atoms with van der Waals surface area (Å²) in [6.45, 7) is 6.72. The van der Waals surface area contributed by atoms with Crippen LogP contribution in [0.15, 0.2) is 170 Å². The van der Waals surface area contributed by atoms with Crippen LogP contribution in [-0.4, -0.2) is 23.9 Å². The van der Waals surface area contributed by atoms with Crippen molar-refractivity contribution >= 4 is 43.6 Å². The van der Waals surface area contributed by atoms with Crippen LogP contribution in [0, 0.1) is 12.1 Å². The molecule has 0 saturated heterocycles. The van der Waals surface area contributed by atoms with Gasteiger partial charge in [0, 0.05) is 56.9 Å². The molecule has 0 amide bonds. The van der Waals surface area contributed by atoms with Gasteiger partial charge in [-0.2, -0.15) is 17.2 Å². The van der Waals surface area contributed by atoms with Gasteiger partial charge in [0.25, 0.3) is 0 Å². The summed E-state index contributed by atoms with van der Waals surface area (Å²) in [5.74, 6) is 1.98. The minimum absolute atomic E-state index is 0. The van der Waals surface area contributed by atoms with E-state index in [0.717, 1.165) is 50.1 Å². The molecule has 0 aliphatic carbocycles. The number of aromatic nitrogens is 5. The second-order valence-electron chi connectivity index (χ2n) is 16.6. The van der Waals surface area contributed by atoms with Crippen LogP contribution in [0.4, 0.5) is 0 Å². The third-order valence-electron chi connectivity index (χ3n) is 12.0. The topological polar surface area (TPSA) is 49.8 Å². The number of benzene rings is 7. The molecule has 0 radical (unpaired) electrons. The molecule has 5 heterocycles. The second-order valence-corrected chi connectivity index (χ2v) is 16.6. The maximum Gasteiger partial charge on any atom is 2.00 e. The van der Waals surface area contributed by atoms with E-state index in [1.165, 1.54) is 49.6 Å². The molecule has 4 aromatic heterocycles. The molecular weight excluding hydrogens is 930 g/mol. The first-order chi connectivity index (χ1) is 29.4. The van der Waals surface area contributed by atoms with Crippen molar-refractivity contribution in [3.05, 3.63) is 188 Å². The van der Waals surface area contributed by atoms with E-state index in [-0.39, 0.29) is 26.5 Å². The normalized spacial score (nSPS) is 12.0. The van der Waals surface area contributed by atoms with E-state index in [1.54, 1.807) is 0 Å². The molecule has 294 valence electrons. The predicted octanol–water partition coefficient (Wildman–Crippen LogP) is 13.5. The van der Waals surface area contributed by atoms with Gasteiger partial charge in [0.1, 0.15) is 5.82 Å². The molecule has 0 spiro atoms. The zero-order chi connectivity index (χ0) is 40.1. The first kappa shape index (κ1) is 37.0. The van der Waals surface area contributed by atoms with Crippen molar-refractivity contribution in [3.63, 3.8) is 0 Å². The van der Waals surface area contributed by atoms with Crippen LogP contribution >= 0.6 is 0 Å². The quantitative estimate of drug-likeness (QED) is 0.162. The fraction of sp³-hybridized carbons (Fsp3) is 0.0741. The molecule has 0 unspecified atom stereocenters. The summed E-state index contributed by atoms with van der Waals surface area (Å²) in [4.78, 5) is 5.03. The van der Waals surface area contributed by atoms with Crippen LogP contribution < -0.4 is 4.74 Å². The Morgan fingerprint density at radius 2 is 1.34 bits per heavy atom. The summed E-state index contributed by atoms with van der Waals surface area (Å²) < 4.78 is 13.2. The smallest absolute Gasteiger partial charge is 0.509 e. The Labute approximate surface area is 367 Å². The van der Waals surface area contributed by atoms with E-state index in [2.05, 4.69) is 156 Å². The van der Waals surface area contributed by atoms with Gasteiger partial charge in [-0.15, -0.1) is 35.7 Å². The fourth-order valence-electron chi connectivity index (χ4n) is 9.17. The van der Waals surface area contributed by atoms with Crippen LogP contribution in [0.1, 0.15) is 26.3 Å². The van der Waals surface area contributed by atoms with Crippen LogP contribution in [0.2, 0.25) is 0 Å². The van der Waals surface area contributed by atoms with Gasteiger partial charge in [-0.25, -0.2) is 4.98 Å². The summed E-state index contributed by atoms with van der Waals surface area (Å²) >= 11 is 0. The minimum Gasteiger partial charge on any atom is -0.509 e. The average molecular weight is 967 g/mol. The van der Waals surface area contributed by atoms with E-state index in [9.17, 15) is 0 Å². The second kappa shape index (κ2) is 14.0. The molecule has 61 heavy (non-hydrogen) atoms. The zero-order valence-electron chi connectivity index (χ0n) is 33.6. The van der Waals surface area contributed by atoms with Crippen LogP contribution in [0.25, 0.3) is 94.2 Å². The summed E-state index contributed by atoms with van der Waals surface area (Å²) in [5, 5.41) is 9.34. The maximum atomic E-state index is 6.62. The molecule has 1 aliphatic rings. The molecule has 0 saturated carbocycles. The van der Waals surface area contributed by atoms with Crippen molar-refractivity contribution in [1.82, 2.24) is 23.9 Å². The van der Waals surface area contributed by atoms with Crippen molar-refractivity contribution in [2.24, 2.45) is 0 Å². The number of hydrogen-bond donors (Lipinski definition) is 0. The van der Waals surface area contributed by atoms with Crippen molar-refractivity contribution in [2.45, 2.75) is 26.2 Å². The van der Waals surface area contributed by atoms with Gasteiger partial charge >= 0.3 is 21.1 Å². The Morgan fingerprint density at radius 3 is 2.21 bits per heavy atom. The third-order valence-corrected chi connectivity index (χ3v) is 12.0. The number of ether oxygens (including phenoxy) is 1. The minimum atomic E-state index is -0.0750. The Balaban J connectivity index is 0.00000420. The van der Waals surface area contributed by atoms with E-state index >= 15 is 0 Å². The van der Waals surface area contributed by atoms with Gasteiger partial charge in [0.05, 0.1) is 22.9 Å². The van der Waals surface area contributed by atoms with Crippen molar-refractivity contribution in [3.8, 4) is 62.1 Å². The number of rotatable bonds is 5. The van der Waals surface area contributed by atoms with E-state index in [1.807, 2.05) is 65.7 Å². The summed E-state index contributed by atoms with van der Waals surface area (Å²) in [7, 11) is 0. The molecule has 12 rings (SSSR count). The van der Waals surface area contributed by atoms with E-state index in [4.69, 9.17) is 9.72 Å². The van der Waals surface area contributed by atoms with Crippen molar-refractivity contribution < 1.29 is 25.8 Å². The van der Waals surface area contributed by atoms with E-state index in [0.29, 0.717) is 11.5 Å². The fourth-order valence-corrected chi connectivity index (χ4v) is 9.17. The van der Waals surface area contributed by atoms with Gasteiger partial charge in [0.2, 0.25) is 0 Å². The number of fused-ring (bicyclic) bond motifs is 12. The summed E-state index contributed by atoms with van der Waals surface area (Å²) in [5.41, 5.74) is 14.3. The van der Waals surface area contributed by atoms with Gasteiger partial charge in [-0.1, -0.05) is 117 Å². The first-order valence-electron chi connectivity index (χ1n) is 20.3. The summed E-state index contributed by atoms with van der Waals surface area (Å²) in [6.07, 6.45) is 5.81. The van der Waals surface area contributed by atoms with Crippen LogP contribution in [0.5, 0.6) is 11.5 Å². The van der Waals surface area contributed by atoms with Crippen molar-refractivity contribution in [2.75, 3.05) is 0 Å². The molecule has 1 aliphatic heterocycles. The Bertz CT molecular complexity index is 3510. The standard InChI is InChI=1S/C54H37N5O.Pt/c1-54(2,3)36-27-28-55-50(29-36)58-47-25-26-48-51(42-19-8-7-17-40(42)43-20-12-21-44-41-18-9-10-22-46(41)59(48)53(43)44)52(47)45-24-23-39(31-49(45)58)60-38-16-11-15-37(30-38)57-33-35(32-56-57)34-13-5-4-6-14-34;/h4-29,32-33H,1-3H3;/q-2;+2. The Kier molecular flexibility index (Phi) is 8.52. The number of hydrogen-bond acceptors (Lipinski definition) is 3. The predicted molar refractivity (Wildman–Crippen MR) is 243 cm³/mol. The Morgan fingerprint density at radius 1 is 0.590 bits per heavy atom. The number of pyridine rings is 1. The first-order valence-corrected chi connectivity index (χ1v) is 20.3. The van der Waals surface area contributed by atoms with Gasteiger partial charge in [0.15, 0.2) is 0 Å². The zero-order valence-corrected chi connectivity index (χ0v) is 35.9. The van der Waals surface area contributed by atoms with Gasteiger partial charge < -0.3 is 13.9 Å². The molecule has 11 aromatic rings. The third kappa shape index (κ3) is 5.81. The molecule has 0 atom stereocenters. The molecule has 0 N–H and O–H groups in total. The van der Waals surface area contributed by atoms with Crippen LogP contribution in [0.3, 0.4) is 0 Å². The summed E-state index contributed by atoms with van der Waals surface area (Å²) in [6, 6.07) is 60.7. The Hall–Kier alpha value is -7.01. The van der Waals surface area contributed by atoms with Gasteiger partial charge in [-0.05, 0) is 69.1 Å². The van der Waals surface area contributed by atoms with Crippen LogP contribution in [-0.2, 0) is 26.5 Å². The molecule has 0 fully saturated rings. The molecule has 7 aromatic carbocycles. The monoisotopic (exact) mass is 966 g/mol. The van der Waals surface area contributed by atoms with Crippen molar-refractivity contribution in [1.29, 1.82) is 0 Å². The van der Waals surface area contributed by atoms with Gasteiger partial charge in [-0.3, -0.25) is 4.68 Å². The SMILES string of the molecule is CC(C)(C)c1ccnc(-n2c3[c-]c(Oc4[c-]c(-n5cc(-c6ccccc6)cn5)ccc4)ccc3c3c4c(ccc32)-n2c3ccccc3c3cccc(c32)-c2ccccc2-4)c1.[Pt+2]. The molecule has 0 bridgehead atoms. The number of nitrogens with zero attached hydrogens (tertiary/aromatic N) is 5. The maximum absolute atomic E-state index is 6.62. The molecule has 6 nitrogen and oxygen atoms in total. The molecular formula is C54H37N5OPt. The average Bonchev–Trinajstić information content (AvgIpc) is 3.97. The largest absolute Gasteiger partial charge is 2.00 e. The number of para-hydroxylation sites is 2. The molecule has 7 heteroatoms.